The Labute approximate surface area is 184 Å². The second-order valence-electron chi connectivity index (χ2n) is 5.97. The minimum absolute atomic E-state index is 0.104. The van der Waals surface area contributed by atoms with E-state index in [9.17, 15) is 18.0 Å². The number of benzene rings is 2. The third-order valence-electron chi connectivity index (χ3n) is 3.78. The van der Waals surface area contributed by atoms with Crippen LogP contribution in [-0.4, -0.2) is 42.5 Å². The van der Waals surface area contributed by atoms with Crippen LogP contribution in [0.25, 0.3) is 0 Å². The van der Waals surface area contributed by atoms with Crippen molar-refractivity contribution >= 4 is 39.9 Å². The summed E-state index contributed by atoms with van der Waals surface area (Å²) >= 11 is 1.89. The van der Waals surface area contributed by atoms with Gasteiger partial charge in [-0.1, -0.05) is 0 Å². The molecule has 30 heavy (non-hydrogen) atoms. The predicted molar refractivity (Wildman–Crippen MR) is 111 cm³/mol. The zero-order valence-corrected chi connectivity index (χ0v) is 17.8. The molecule has 0 fully saturated rings. The van der Waals surface area contributed by atoms with Gasteiger partial charge in [-0.25, -0.2) is 18.7 Å². The first-order valence-corrected chi connectivity index (χ1v) is 9.91. The van der Waals surface area contributed by atoms with Gasteiger partial charge in [-0.05, 0) is 53.3 Å². The van der Waals surface area contributed by atoms with E-state index >= 15 is 0 Å². The fraction of sp³-hybridized carbons (Fsp3) is 0.316. The van der Waals surface area contributed by atoms with Gasteiger partial charge in [0.05, 0.1) is 36.8 Å². The van der Waals surface area contributed by atoms with Crippen molar-refractivity contribution in [3.05, 3.63) is 56.4 Å². The molecule has 0 heterocycles. The molecule has 1 amide bonds. The van der Waals surface area contributed by atoms with Crippen molar-refractivity contribution < 1.29 is 37.8 Å². The Morgan fingerprint density at radius 1 is 1.07 bits per heavy atom. The monoisotopic (exact) mass is 540 g/mol. The number of rotatable bonds is 11. The van der Waals surface area contributed by atoms with Crippen LogP contribution in [0.2, 0.25) is 0 Å². The number of aliphatic hydroxyl groups excluding tert-OH is 2. The van der Waals surface area contributed by atoms with Crippen LogP contribution in [0.3, 0.4) is 0 Å². The van der Waals surface area contributed by atoms with Crippen LogP contribution in [0.5, 0.6) is 0 Å². The summed E-state index contributed by atoms with van der Waals surface area (Å²) in [6.45, 7) is -0.968. The van der Waals surface area contributed by atoms with Crippen molar-refractivity contribution in [2.24, 2.45) is 0 Å². The molecule has 4 N–H and O–H groups in total. The molecule has 0 spiro atoms. The third-order valence-corrected chi connectivity index (χ3v) is 4.45. The van der Waals surface area contributed by atoms with Crippen molar-refractivity contribution in [3.63, 3.8) is 0 Å². The van der Waals surface area contributed by atoms with Crippen LogP contribution in [0.4, 0.5) is 24.5 Å². The van der Waals surface area contributed by atoms with Gasteiger partial charge < -0.3 is 20.3 Å². The molecule has 0 saturated carbocycles. The maximum atomic E-state index is 14.8. The smallest absolute Gasteiger partial charge is 0.277 e. The number of nitrogens with one attached hydrogen (secondary N) is 2. The largest absolute Gasteiger partial charge is 0.396 e. The Hall–Kier alpha value is -1.93. The van der Waals surface area contributed by atoms with Gasteiger partial charge in [0.2, 0.25) is 0 Å². The van der Waals surface area contributed by atoms with E-state index in [0.717, 1.165) is 6.07 Å². The van der Waals surface area contributed by atoms with Crippen molar-refractivity contribution in [1.29, 1.82) is 0 Å². The third kappa shape index (κ3) is 6.54. The van der Waals surface area contributed by atoms with Gasteiger partial charge >= 0.3 is 0 Å². The number of hydrogen-bond donors (Lipinski definition) is 4. The van der Waals surface area contributed by atoms with E-state index < -0.39 is 29.0 Å². The molecule has 164 valence electrons. The lowest BCUT2D eigenvalue weighted by molar-refractivity contribution is 0.0168. The van der Waals surface area contributed by atoms with E-state index in [1.54, 1.807) is 6.07 Å². The summed E-state index contributed by atoms with van der Waals surface area (Å²) < 4.78 is 49.3. The Bertz CT molecular complexity index is 886. The highest BCUT2D eigenvalue weighted by molar-refractivity contribution is 14.1. The van der Waals surface area contributed by atoms with Gasteiger partial charge in [0.1, 0.15) is 5.82 Å². The van der Waals surface area contributed by atoms with Gasteiger partial charge in [0.15, 0.2) is 11.6 Å². The van der Waals surface area contributed by atoms with Gasteiger partial charge in [-0.15, -0.1) is 0 Å². The number of amides is 1. The maximum absolute atomic E-state index is 14.8. The molecule has 0 aliphatic carbocycles. The summed E-state index contributed by atoms with van der Waals surface area (Å²) in [6.07, 6.45) is 0.304. The minimum Gasteiger partial charge on any atom is -0.396 e. The zero-order valence-electron chi connectivity index (χ0n) is 15.7. The maximum Gasteiger partial charge on any atom is 0.277 e. The molecule has 0 saturated heterocycles. The van der Waals surface area contributed by atoms with Crippen molar-refractivity contribution in [1.82, 2.24) is 5.48 Å². The Morgan fingerprint density at radius 2 is 1.83 bits per heavy atom. The van der Waals surface area contributed by atoms with Gasteiger partial charge in [0.25, 0.3) is 5.91 Å². The van der Waals surface area contributed by atoms with Crippen LogP contribution in [0.1, 0.15) is 22.3 Å². The predicted octanol–water partition coefficient (Wildman–Crippen LogP) is 3.00. The van der Waals surface area contributed by atoms with Crippen molar-refractivity contribution in [2.45, 2.75) is 13.0 Å². The van der Waals surface area contributed by atoms with Gasteiger partial charge in [-0.2, -0.15) is 0 Å². The van der Waals surface area contributed by atoms with Gasteiger partial charge in [-0.3, -0.25) is 9.63 Å². The first kappa shape index (κ1) is 24.3. The Balaban J connectivity index is 2.41. The Kier molecular flexibility index (Phi) is 9.78. The molecule has 0 aliphatic heterocycles. The van der Waals surface area contributed by atoms with E-state index in [0.29, 0.717) is 9.99 Å². The van der Waals surface area contributed by atoms with Crippen LogP contribution in [0.15, 0.2) is 24.3 Å². The fourth-order valence-electron chi connectivity index (χ4n) is 2.38. The average Bonchev–Trinajstić information content (AvgIpc) is 2.72. The number of anilines is 2. The zero-order chi connectivity index (χ0) is 22.1. The summed E-state index contributed by atoms with van der Waals surface area (Å²) in [5.74, 6) is -4.32. The lowest BCUT2D eigenvalue weighted by atomic mass is 10.1. The van der Waals surface area contributed by atoms with Crippen LogP contribution in [-0.2, 0) is 16.2 Å². The molecule has 2 rings (SSSR count). The quantitative estimate of drug-likeness (QED) is 0.199. The molecular weight excluding hydrogens is 520 g/mol. The van der Waals surface area contributed by atoms with Crippen molar-refractivity contribution in [2.75, 3.05) is 31.7 Å². The van der Waals surface area contributed by atoms with E-state index in [1.165, 1.54) is 12.1 Å². The summed E-state index contributed by atoms with van der Waals surface area (Å²) in [5, 5.41) is 19.9. The number of halogens is 4. The summed E-state index contributed by atoms with van der Waals surface area (Å²) in [6, 6.07) is 5.12. The Morgan fingerprint density at radius 3 is 2.50 bits per heavy atom. The summed E-state index contributed by atoms with van der Waals surface area (Å²) in [5.41, 5.74) is 0.656. The summed E-state index contributed by atoms with van der Waals surface area (Å²) in [4.78, 5) is 17.2. The number of aliphatic hydroxyl groups is 2. The van der Waals surface area contributed by atoms with Crippen LogP contribution in [0, 0.1) is 21.0 Å². The molecule has 0 bridgehead atoms. The molecule has 11 heteroatoms. The second-order valence-corrected chi connectivity index (χ2v) is 7.21. The summed E-state index contributed by atoms with van der Waals surface area (Å²) in [7, 11) is 0. The van der Waals surface area contributed by atoms with Gasteiger partial charge in [0, 0.05) is 22.3 Å². The van der Waals surface area contributed by atoms with E-state index in [1.807, 2.05) is 28.1 Å². The highest BCUT2D eigenvalue weighted by Gasteiger charge is 2.24. The molecule has 2 aromatic carbocycles. The normalized spacial score (nSPS) is 10.9. The minimum atomic E-state index is -1.40. The van der Waals surface area contributed by atoms with Crippen LogP contribution < -0.4 is 10.8 Å². The molecule has 0 atom stereocenters. The van der Waals surface area contributed by atoms with E-state index in [4.69, 9.17) is 19.8 Å². The van der Waals surface area contributed by atoms with Crippen LogP contribution >= 0.6 is 22.6 Å². The molecule has 0 aliphatic rings. The SMILES string of the molecule is O=C(NOCCO)c1cc(COCCCO)c(F)c(F)c1Nc1ccc(I)cc1F. The topological polar surface area (TPSA) is 100 Å². The number of hydroxylamine groups is 1. The lowest BCUT2D eigenvalue weighted by Crippen LogP contribution is -2.26. The first-order valence-electron chi connectivity index (χ1n) is 8.83. The highest BCUT2D eigenvalue weighted by Crippen LogP contribution is 2.31. The first-order chi connectivity index (χ1) is 14.4. The highest BCUT2D eigenvalue weighted by atomic mass is 127. The molecule has 2 aromatic rings. The molecule has 0 aromatic heterocycles. The van der Waals surface area contributed by atoms with E-state index in [2.05, 4.69) is 5.32 Å². The number of ether oxygens (including phenoxy) is 1. The molecule has 0 radical (unpaired) electrons. The lowest BCUT2D eigenvalue weighted by Gasteiger charge is -2.17. The molecular formula is C19H20F3IN2O5. The number of hydrogen-bond acceptors (Lipinski definition) is 6. The average molecular weight is 540 g/mol. The fourth-order valence-corrected chi connectivity index (χ4v) is 2.83. The molecule has 7 nitrogen and oxygen atoms in total. The van der Waals surface area contributed by atoms with E-state index in [-0.39, 0.29) is 49.8 Å². The number of carbonyl (C=O) groups excluding carboxylic acids is 1. The number of carbonyl (C=O) groups is 1. The molecule has 0 unspecified atom stereocenters. The van der Waals surface area contributed by atoms with Crippen molar-refractivity contribution in [3.8, 4) is 0 Å². The second kappa shape index (κ2) is 12.1. The standard InChI is InChI=1S/C19H20F3IN2O5/c20-14-9-12(23)2-3-15(14)24-18-13(19(28)25-30-7-5-27)8-11(16(21)17(18)22)10-29-6-1-4-26/h2-3,8-9,24,26-27H,1,4-7,10H2,(H,25,28).